The van der Waals surface area contributed by atoms with Crippen LogP contribution in [0.25, 0.3) is 6.08 Å². The summed E-state index contributed by atoms with van der Waals surface area (Å²) in [5.41, 5.74) is 2.20. The lowest BCUT2D eigenvalue weighted by Gasteiger charge is -2.00. The SMILES string of the molecule is CC.Cc1ccc(/C=C\SC(=S)NC=O)cc1S. The van der Waals surface area contributed by atoms with Crippen molar-refractivity contribution in [3.63, 3.8) is 0 Å². The molecule has 0 aliphatic carbocycles. The van der Waals surface area contributed by atoms with E-state index in [4.69, 9.17) is 12.2 Å². The van der Waals surface area contributed by atoms with E-state index in [0.717, 1.165) is 16.0 Å². The van der Waals surface area contributed by atoms with E-state index in [1.54, 1.807) is 0 Å². The van der Waals surface area contributed by atoms with E-state index in [-0.39, 0.29) is 0 Å². The molecule has 98 valence electrons. The largest absolute Gasteiger partial charge is 0.314 e. The van der Waals surface area contributed by atoms with Crippen LogP contribution >= 0.6 is 36.6 Å². The lowest BCUT2D eigenvalue weighted by Crippen LogP contribution is -2.14. The number of carbonyl (C=O) groups excluding carboxylic acids is 1. The average molecular weight is 299 g/mol. The second-order valence-electron chi connectivity index (χ2n) is 3.02. The predicted molar refractivity (Wildman–Crippen MR) is 88.2 cm³/mol. The van der Waals surface area contributed by atoms with Crippen molar-refractivity contribution < 1.29 is 4.79 Å². The zero-order valence-electron chi connectivity index (χ0n) is 10.6. The molecule has 1 aromatic rings. The van der Waals surface area contributed by atoms with Crippen LogP contribution in [0, 0.1) is 6.92 Å². The summed E-state index contributed by atoms with van der Waals surface area (Å²) in [5.74, 6) is 0. The van der Waals surface area contributed by atoms with E-state index in [1.807, 2.05) is 50.5 Å². The Morgan fingerprint density at radius 1 is 1.44 bits per heavy atom. The van der Waals surface area contributed by atoms with Gasteiger partial charge < -0.3 is 5.32 Å². The summed E-state index contributed by atoms with van der Waals surface area (Å²) in [7, 11) is 0. The first-order valence-corrected chi connectivity index (χ1v) is 7.24. The van der Waals surface area contributed by atoms with Crippen molar-refractivity contribution in [3.8, 4) is 0 Å². The quantitative estimate of drug-likeness (QED) is 0.501. The maximum atomic E-state index is 10.1. The van der Waals surface area contributed by atoms with Gasteiger partial charge in [-0.1, -0.05) is 50.0 Å². The molecular weight excluding hydrogens is 282 g/mol. The Bertz CT molecular complexity index is 430. The summed E-state index contributed by atoms with van der Waals surface area (Å²) in [6.45, 7) is 6.01. The number of benzene rings is 1. The maximum absolute atomic E-state index is 10.1. The van der Waals surface area contributed by atoms with E-state index in [9.17, 15) is 4.79 Å². The Hall–Kier alpha value is -0.780. The summed E-state index contributed by atoms with van der Waals surface area (Å²) in [5, 5.41) is 4.23. The van der Waals surface area contributed by atoms with Gasteiger partial charge in [-0.3, -0.25) is 4.79 Å². The van der Waals surface area contributed by atoms with Gasteiger partial charge in [0.05, 0.1) is 0 Å². The molecule has 0 bridgehead atoms. The minimum atomic E-state index is 0.435. The predicted octanol–water partition coefficient (Wildman–Crippen LogP) is 4.04. The number of rotatable bonds is 3. The van der Waals surface area contributed by atoms with Gasteiger partial charge in [0.2, 0.25) is 6.41 Å². The summed E-state index contributed by atoms with van der Waals surface area (Å²) >= 11 is 10.5. The third kappa shape index (κ3) is 6.83. The molecular formula is C13H17NOS3. The van der Waals surface area contributed by atoms with Crippen molar-refractivity contribution in [1.29, 1.82) is 0 Å². The van der Waals surface area contributed by atoms with Crippen molar-refractivity contribution in [2.24, 2.45) is 0 Å². The first-order chi connectivity index (χ1) is 8.63. The van der Waals surface area contributed by atoms with Crippen molar-refractivity contribution in [2.45, 2.75) is 25.7 Å². The molecule has 5 heteroatoms. The number of hydrogen-bond donors (Lipinski definition) is 2. The summed E-state index contributed by atoms with van der Waals surface area (Å²) < 4.78 is 0.435. The number of thioether (sulfide) groups is 1. The number of thiocarbonyl (C=S) groups is 1. The van der Waals surface area contributed by atoms with Crippen LogP contribution in [-0.4, -0.2) is 10.7 Å². The Kier molecular flexibility index (Phi) is 9.73. The Labute approximate surface area is 124 Å². The molecule has 1 amide bonds. The molecule has 0 saturated carbocycles. The smallest absolute Gasteiger partial charge is 0.212 e. The molecule has 1 rings (SSSR count). The number of nitrogens with one attached hydrogen (secondary N) is 1. The minimum absolute atomic E-state index is 0.435. The van der Waals surface area contributed by atoms with Crippen LogP contribution in [0.1, 0.15) is 25.0 Å². The highest BCUT2D eigenvalue weighted by atomic mass is 32.2. The third-order valence-electron chi connectivity index (χ3n) is 1.85. The van der Waals surface area contributed by atoms with E-state index in [1.165, 1.54) is 11.8 Å². The van der Waals surface area contributed by atoms with Gasteiger partial charge in [0, 0.05) is 4.90 Å². The maximum Gasteiger partial charge on any atom is 0.212 e. The average Bonchev–Trinajstić information content (AvgIpc) is 2.36. The molecule has 0 fully saturated rings. The molecule has 0 unspecified atom stereocenters. The topological polar surface area (TPSA) is 29.1 Å². The summed E-state index contributed by atoms with van der Waals surface area (Å²) in [4.78, 5) is 11.0. The molecule has 0 radical (unpaired) electrons. The Morgan fingerprint density at radius 3 is 2.67 bits per heavy atom. The van der Waals surface area contributed by atoms with Crippen LogP contribution in [0.5, 0.6) is 0 Å². The van der Waals surface area contributed by atoms with Crippen molar-refractivity contribution in [3.05, 3.63) is 34.7 Å². The third-order valence-corrected chi connectivity index (χ3v) is 3.34. The molecule has 1 N–H and O–H groups in total. The monoisotopic (exact) mass is 299 g/mol. The lowest BCUT2D eigenvalue weighted by molar-refractivity contribution is -0.108. The van der Waals surface area contributed by atoms with E-state index >= 15 is 0 Å². The molecule has 0 atom stereocenters. The van der Waals surface area contributed by atoms with Gasteiger partial charge in [-0.15, -0.1) is 12.6 Å². The fraction of sp³-hybridized carbons (Fsp3) is 0.231. The first kappa shape index (κ1) is 17.2. The highest BCUT2D eigenvalue weighted by molar-refractivity contribution is 8.25. The Balaban J connectivity index is 0.00000137. The van der Waals surface area contributed by atoms with Gasteiger partial charge >= 0.3 is 0 Å². The highest BCUT2D eigenvalue weighted by Crippen LogP contribution is 2.17. The van der Waals surface area contributed by atoms with E-state index < -0.39 is 0 Å². The normalized spacial score (nSPS) is 9.56. The van der Waals surface area contributed by atoms with Crippen molar-refractivity contribution in [2.75, 3.05) is 0 Å². The molecule has 1 aromatic carbocycles. The van der Waals surface area contributed by atoms with E-state index in [0.29, 0.717) is 10.7 Å². The van der Waals surface area contributed by atoms with E-state index in [2.05, 4.69) is 17.9 Å². The van der Waals surface area contributed by atoms with Crippen LogP contribution < -0.4 is 5.32 Å². The number of aryl methyl sites for hydroxylation is 1. The van der Waals surface area contributed by atoms with Gasteiger partial charge in [-0.25, -0.2) is 0 Å². The first-order valence-electron chi connectivity index (χ1n) is 5.50. The van der Waals surface area contributed by atoms with Gasteiger partial charge in [-0.2, -0.15) is 0 Å². The fourth-order valence-corrected chi connectivity index (χ4v) is 1.89. The molecule has 0 heterocycles. The van der Waals surface area contributed by atoms with Gasteiger partial charge in [-0.05, 0) is 35.6 Å². The lowest BCUT2D eigenvalue weighted by atomic mass is 10.1. The molecule has 0 saturated heterocycles. The summed E-state index contributed by atoms with van der Waals surface area (Å²) in [6, 6.07) is 5.99. The van der Waals surface area contributed by atoms with Gasteiger partial charge in [0.25, 0.3) is 0 Å². The minimum Gasteiger partial charge on any atom is -0.314 e. The molecule has 18 heavy (non-hydrogen) atoms. The van der Waals surface area contributed by atoms with Crippen LogP contribution in [0.15, 0.2) is 28.5 Å². The van der Waals surface area contributed by atoms with Crippen LogP contribution in [0.3, 0.4) is 0 Å². The fourth-order valence-electron chi connectivity index (χ4n) is 0.987. The van der Waals surface area contributed by atoms with Crippen molar-refractivity contribution >= 4 is 53.4 Å². The molecule has 0 aromatic heterocycles. The summed E-state index contributed by atoms with van der Waals surface area (Å²) in [6.07, 6.45) is 2.49. The second-order valence-corrected chi connectivity index (χ2v) is 5.08. The molecule has 2 nitrogen and oxygen atoms in total. The van der Waals surface area contributed by atoms with Crippen LogP contribution in [0.4, 0.5) is 0 Å². The number of thiol groups is 1. The van der Waals surface area contributed by atoms with Crippen molar-refractivity contribution in [1.82, 2.24) is 5.32 Å². The van der Waals surface area contributed by atoms with Gasteiger partial charge in [0.1, 0.15) is 4.32 Å². The molecule has 0 aliphatic rings. The second kappa shape index (κ2) is 10.2. The number of amides is 1. The Morgan fingerprint density at radius 2 is 2.11 bits per heavy atom. The molecule has 0 aliphatic heterocycles. The van der Waals surface area contributed by atoms with Crippen LogP contribution in [0.2, 0.25) is 0 Å². The zero-order chi connectivity index (χ0) is 14.0. The highest BCUT2D eigenvalue weighted by Gasteiger charge is 1.94. The number of hydrogen-bond acceptors (Lipinski definition) is 4. The number of carbonyl (C=O) groups is 1. The van der Waals surface area contributed by atoms with Gasteiger partial charge in [0.15, 0.2) is 0 Å². The standard InChI is InChI=1S/C11H11NOS3.C2H6/c1-8-2-3-9(6-10(8)14)4-5-16-11(15)12-7-13;1-2/h2-7,14H,1H3,(H,12,13,15);1-2H3/b5-4-;. The molecule has 0 spiro atoms. The van der Waals surface area contributed by atoms with Crippen LogP contribution in [-0.2, 0) is 4.79 Å². The zero-order valence-corrected chi connectivity index (χ0v) is 13.2.